The molecule has 1 unspecified atom stereocenters. The molecule has 1 fully saturated rings. The van der Waals surface area contributed by atoms with Crippen LogP contribution in [0.1, 0.15) is 51.4 Å². The maximum absolute atomic E-state index is 13.2. The molecule has 2 rings (SSSR count). The second-order valence-corrected chi connectivity index (χ2v) is 12.1. The largest absolute Gasteiger partial charge is 0.480 e. The standard InChI is InChI=1S/C30H46N8O8S/c1-2-19-46-30(44)34-17-8-6-13-22(36-25(39)15-7-9-16-33-29(31)32)26(40)35-20-23(28(42)43)37-27(41)24-14-10-18-38(24)47(45)21-11-4-3-5-12-21/h2-5,11-12,22-24H,1,6-10,13-20H2,(H,34,44)(H,35,40)(H,36,39)(H,37,41)(H,42,43)(H4,31,32,33)/t22-,23-,24-,47?/m0/s1. The minimum atomic E-state index is -1.61. The van der Waals surface area contributed by atoms with Gasteiger partial charge in [0.15, 0.2) is 5.96 Å². The first-order valence-corrected chi connectivity index (χ1v) is 16.5. The number of carboxylic acids is 1. The van der Waals surface area contributed by atoms with Crippen LogP contribution in [-0.4, -0.2) is 100 Å². The van der Waals surface area contributed by atoms with Gasteiger partial charge in [-0.3, -0.25) is 19.4 Å². The van der Waals surface area contributed by atoms with E-state index in [9.17, 15) is 33.3 Å². The Kier molecular flexibility index (Phi) is 17.5. The number of nitrogens with two attached hydrogens (primary N) is 2. The van der Waals surface area contributed by atoms with E-state index in [-0.39, 0.29) is 32.0 Å². The van der Waals surface area contributed by atoms with Crippen molar-refractivity contribution in [2.45, 2.75) is 74.4 Å². The maximum atomic E-state index is 13.2. The maximum Gasteiger partial charge on any atom is 0.407 e. The van der Waals surface area contributed by atoms with Gasteiger partial charge in [-0.2, -0.15) is 0 Å². The van der Waals surface area contributed by atoms with Gasteiger partial charge >= 0.3 is 12.1 Å². The van der Waals surface area contributed by atoms with Crippen molar-refractivity contribution in [3.8, 4) is 0 Å². The molecule has 0 bridgehead atoms. The van der Waals surface area contributed by atoms with Crippen molar-refractivity contribution in [2.24, 2.45) is 16.5 Å². The van der Waals surface area contributed by atoms with Crippen molar-refractivity contribution in [3.63, 3.8) is 0 Å². The van der Waals surface area contributed by atoms with Crippen molar-refractivity contribution >= 4 is 46.7 Å². The van der Waals surface area contributed by atoms with Crippen LogP contribution in [0.5, 0.6) is 0 Å². The van der Waals surface area contributed by atoms with Gasteiger partial charge in [0.25, 0.3) is 0 Å². The Morgan fingerprint density at radius 1 is 1.06 bits per heavy atom. The topological polar surface area (TPSA) is 248 Å². The van der Waals surface area contributed by atoms with Crippen LogP contribution < -0.4 is 32.7 Å². The van der Waals surface area contributed by atoms with Crippen molar-refractivity contribution in [2.75, 3.05) is 32.8 Å². The third-order valence-corrected chi connectivity index (χ3v) is 8.58. The molecule has 0 saturated carbocycles. The van der Waals surface area contributed by atoms with Gasteiger partial charge in [0.1, 0.15) is 35.7 Å². The normalized spacial score (nSPS) is 16.1. The Morgan fingerprint density at radius 3 is 2.49 bits per heavy atom. The summed E-state index contributed by atoms with van der Waals surface area (Å²) in [4.78, 5) is 67.0. The molecule has 0 spiro atoms. The number of amides is 4. The van der Waals surface area contributed by atoms with Crippen LogP contribution in [0, 0.1) is 0 Å². The Morgan fingerprint density at radius 2 is 1.81 bits per heavy atom. The number of carbonyl (C=O) groups is 5. The van der Waals surface area contributed by atoms with Crippen LogP contribution in [0.25, 0.3) is 0 Å². The Hall–Kier alpha value is -4.51. The summed E-state index contributed by atoms with van der Waals surface area (Å²) in [6.45, 7) is 4.10. The smallest absolute Gasteiger partial charge is 0.407 e. The number of unbranched alkanes of at least 4 members (excludes halogenated alkanes) is 2. The van der Waals surface area contributed by atoms with Gasteiger partial charge < -0.3 is 42.6 Å². The fraction of sp³-hybridized carbons (Fsp3) is 0.533. The molecular formula is C30H46N8O8S. The molecule has 17 heteroatoms. The van der Waals surface area contributed by atoms with Crippen LogP contribution in [0.15, 0.2) is 52.9 Å². The summed E-state index contributed by atoms with van der Waals surface area (Å²) in [5.74, 6) is -3.06. The first-order chi connectivity index (χ1) is 22.5. The van der Waals surface area contributed by atoms with Crippen LogP contribution in [0.4, 0.5) is 4.79 Å². The van der Waals surface area contributed by atoms with E-state index in [4.69, 9.17) is 16.2 Å². The number of nitrogens with one attached hydrogen (secondary N) is 4. The number of aliphatic carboxylic acids is 1. The van der Waals surface area contributed by atoms with Gasteiger partial charge in [-0.05, 0) is 57.1 Å². The number of hydrogen-bond donors (Lipinski definition) is 7. The number of rotatable bonds is 21. The fourth-order valence-electron chi connectivity index (χ4n) is 4.66. The van der Waals surface area contributed by atoms with E-state index >= 15 is 0 Å². The van der Waals surface area contributed by atoms with Crippen molar-refractivity contribution in [3.05, 3.63) is 43.0 Å². The lowest BCUT2D eigenvalue weighted by Crippen LogP contribution is -2.55. The van der Waals surface area contributed by atoms with Crippen molar-refractivity contribution < 1.29 is 38.0 Å². The van der Waals surface area contributed by atoms with E-state index < -0.39 is 65.4 Å². The van der Waals surface area contributed by atoms with Gasteiger partial charge in [-0.25, -0.2) is 18.1 Å². The van der Waals surface area contributed by atoms with E-state index in [0.29, 0.717) is 56.5 Å². The average Bonchev–Trinajstić information content (AvgIpc) is 3.54. The van der Waals surface area contributed by atoms with Gasteiger partial charge in [0.2, 0.25) is 17.7 Å². The number of alkyl carbamates (subject to hydrolysis) is 1. The number of carbonyl (C=O) groups excluding carboxylic acids is 4. The first-order valence-electron chi connectivity index (χ1n) is 15.4. The summed E-state index contributed by atoms with van der Waals surface area (Å²) in [6, 6.07) is 5.36. The summed E-state index contributed by atoms with van der Waals surface area (Å²) in [5, 5.41) is 20.0. The highest BCUT2D eigenvalue weighted by atomic mass is 32.2. The third-order valence-electron chi connectivity index (χ3n) is 7.04. The van der Waals surface area contributed by atoms with Gasteiger partial charge in [0.05, 0.1) is 4.90 Å². The lowest BCUT2D eigenvalue weighted by Gasteiger charge is -2.25. The highest BCUT2D eigenvalue weighted by molar-refractivity contribution is 7.82. The molecular weight excluding hydrogens is 632 g/mol. The highest BCUT2D eigenvalue weighted by Crippen LogP contribution is 2.23. The summed E-state index contributed by atoms with van der Waals surface area (Å²) < 4.78 is 19.5. The molecule has 0 aromatic heterocycles. The monoisotopic (exact) mass is 678 g/mol. The molecule has 1 aromatic rings. The van der Waals surface area contributed by atoms with Crippen LogP contribution in [-0.2, 0) is 34.9 Å². The van der Waals surface area contributed by atoms with E-state index in [0.717, 1.165) is 0 Å². The molecule has 9 N–H and O–H groups in total. The summed E-state index contributed by atoms with van der Waals surface area (Å²) in [5.41, 5.74) is 10.6. The predicted molar refractivity (Wildman–Crippen MR) is 175 cm³/mol. The molecule has 4 amide bonds. The van der Waals surface area contributed by atoms with E-state index in [2.05, 4.69) is 32.8 Å². The number of aliphatic imine (C=N–C) groups is 1. The number of hydrogen-bond acceptors (Lipinski definition) is 8. The van der Waals surface area contributed by atoms with E-state index in [1.807, 2.05) is 0 Å². The first kappa shape index (κ1) is 38.7. The van der Waals surface area contributed by atoms with Crippen LogP contribution in [0.2, 0.25) is 0 Å². The van der Waals surface area contributed by atoms with Gasteiger partial charge in [0, 0.05) is 32.6 Å². The number of benzene rings is 1. The zero-order chi connectivity index (χ0) is 34.6. The zero-order valence-electron chi connectivity index (χ0n) is 26.4. The molecule has 260 valence electrons. The quantitative estimate of drug-likeness (QED) is 0.0393. The molecule has 1 heterocycles. The Labute approximate surface area is 276 Å². The molecule has 4 atom stereocenters. The molecule has 47 heavy (non-hydrogen) atoms. The number of carboxylic acid groups (broad SMARTS) is 1. The minimum Gasteiger partial charge on any atom is -0.480 e. The zero-order valence-corrected chi connectivity index (χ0v) is 27.2. The lowest BCUT2D eigenvalue weighted by molar-refractivity contribution is -0.142. The molecule has 0 aliphatic carbocycles. The fourth-order valence-corrected chi connectivity index (χ4v) is 6.05. The van der Waals surface area contributed by atoms with Crippen LogP contribution >= 0.6 is 0 Å². The van der Waals surface area contributed by atoms with Gasteiger partial charge in [-0.15, -0.1) is 0 Å². The average molecular weight is 679 g/mol. The molecule has 0 radical (unpaired) electrons. The number of ether oxygens (including phenoxy) is 1. The molecule has 1 aromatic carbocycles. The van der Waals surface area contributed by atoms with Crippen molar-refractivity contribution in [1.82, 2.24) is 25.6 Å². The summed E-state index contributed by atoms with van der Waals surface area (Å²) in [6.07, 6.45) is 4.04. The second kappa shape index (κ2) is 21.3. The Balaban J connectivity index is 1.97. The molecule has 1 aliphatic heterocycles. The summed E-state index contributed by atoms with van der Waals surface area (Å²) in [7, 11) is -1.61. The molecule has 1 saturated heterocycles. The van der Waals surface area contributed by atoms with E-state index in [1.54, 1.807) is 30.3 Å². The SMILES string of the molecule is C=CCOC(=O)NCCCC[C@H](NC(=O)CCCCN=C(N)N)C(=O)NC[C@H](NC(=O)[C@@H]1CCCN1S(=O)c1ccccc1)C(=O)O. The van der Waals surface area contributed by atoms with Crippen molar-refractivity contribution in [1.29, 1.82) is 0 Å². The number of nitrogens with zero attached hydrogens (tertiary/aromatic N) is 2. The molecule has 16 nitrogen and oxygen atoms in total. The third kappa shape index (κ3) is 14.6. The van der Waals surface area contributed by atoms with Gasteiger partial charge in [-0.1, -0.05) is 30.9 Å². The van der Waals surface area contributed by atoms with E-state index in [1.165, 1.54) is 10.4 Å². The number of guanidine groups is 1. The highest BCUT2D eigenvalue weighted by Gasteiger charge is 2.37. The second-order valence-electron chi connectivity index (χ2n) is 10.7. The predicted octanol–water partition coefficient (Wildman–Crippen LogP) is -0.130. The minimum absolute atomic E-state index is 0.0479. The Bertz CT molecular complexity index is 1260. The molecule has 1 aliphatic rings. The lowest BCUT2D eigenvalue weighted by atomic mass is 10.1. The van der Waals surface area contributed by atoms with Crippen LogP contribution in [0.3, 0.4) is 0 Å². The summed E-state index contributed by atoms with van der Waals surface area (Å²) >= 11 is 0.